The van der Waals surface area contributed by atoms with Crippen molar-refractivity contribution in [2.75, 3.05) is 10.6 Å². The Hall–Kier alpha value is -3.63. The maximum Gasteiger partial charge on any atom is 0.241 e. The van der Waals surface area contributed by atoms with Gasteiger partial charge >= 0.3 is 0 Å². The molecule has 0 spiro atoms. The zero-order valence-corrected chi connectivity index (χ0v) is 17.3. The van der Waals surface area contributed by atoms with E-state index >= 15 is 0 Å². The van der Waals surface area contributed by atoms with Gasteiger partial charge in [-0.05, 0) is 26.2 Å². The number of amides is 1. The van der Waals surface area contributed by atoms with Crippen LogP contribution in [0.2, 0.25) is 0 Å². The molecular weight excluding hydrogens is 423 g/mol. The molecule has 0 bridgehead atoms. The lowest BCUT2D eigenvalue weighted by Crippen LogP contribution is -2.41. The number of aromatic nitrogens is 4. The third-order valence-electron chi connectivity index (χ3n) is 5.18. The first-order chi connectivity index (χ1) is 15.4. The number of nitrogens with zero attached hydrogens (tertiary/aromatic N) is 4. The summed E-state index contributed by atoms with van der Waals surface area (Å²) in [6.45, 7) is 1.63. The van der Waals surface area contributed by atoms with Crippen LogP contribution in [-0.4, -0.2) is 31.7 Å². The highest BCUT2D eigenvalue weighted by molar-refractivity contribution is 5.76. The molecule has 2 aromatic heterocycles. The van der Waals surface area contributed by atoms with Crippen LogP contribution in [0.1, 0.15) is 30.4 Å². The van der Waals surface area contributed by atoms with Crippen molar-refractivity contribution in [2.24, 2.45) is 0 Å². The normalized spacial score (nSPS) is 13.5. The van der Waals surface area contributed by atoms with Crippen molar-refractivity contribution in [3.05, 3.63) is 59.3 Å². The van der Waals surface area contributed by atoms with Gasteiger partial charge in [-0.1, -0.05) is 0 Å². The second-order valence-corrected chi connectivity index (χ2v) is 7.67. The van der Waals surface area contributed by atoms with E-state index in [4.69, 9.17) is 0 Å². The summed E-state index contributed by atoms with van der Waals surface area (Å²) in [4.78, 5) is 20.5. The van der Waals surface area contributed by atoms with Gasteiger partial charge in [0.2, 0.25) is 11.9 Å². The molecule has 1 amide bonds. The number of carbonyl (C=O) groups is 1. The summed E-state index contributed by atoms with van der Waals surface area (Å²) in [5, 5.41) is 12.9. The van der Waals surface area contributed by atoms with E-state index in [1.807, 2.05) is 0 Å². The van der Waals surface area contributed by atoms with Gasteiger partial charge in [-0.25, -0.2) is 18.2 Å². The van der Waals surface area contributed by atoms with E-state index in [0.29, 0.717) is 29.2 Å². The summed E-state index contributed by atoms with van der Waals surface area (Å²) in [7, 11) is 0. The van der Waals surface area contributed by atoms with Crippen molar-refractivity contribution < 1.29 is 18.0 Å². The first kappa shape index (κ1) is 21.6. The molecule has 0 unspecified atom stereocenters. The molecule has 1 aliphatic rings. The van der Waals surface area contributed by atoms with E-state index in [1.54, 1.807) is 19.3 Å². The average Bonchev–Trinajstić information content (AvgIpc) is 3.13. The van der Waals surface area contributed by atoms with Gasteiger partial charge in [0.15, 0.2) is 0 Å². The third kappa shape index (κ3) is 5.16. The third-order valence-corrected chi connectivity index (χ3v) is 5.18. The van der Waals surface area contributed by atoms with Gasteiger partial charge in [0, 0.05) is 48.2 Å². The van der Waals surface area contributed by atoms with Crippen LogP contribution in [0.15, 0.2) is 30.7 Å². The Bertz CT molecular complexity index is 1110. The Kier molecular flexibility index (Phi) is 6.24. The first-order valence-electron chi connectivity index (χ1n) is 10.2. The van der Waals surface area contributed by atoms with E-state index in [1.165, 1.54) is 10.9 Å². The zero-order chi connectivity index (χ0) is 22.7. The van der Waals surface area contributed by atoms with Crippen LogP contribution in [0.4, 0.5) is 30.6 Å². The Balaban J connectivity index is 1.38. The van der Waals surface area contributed by atoms with Crippen LogP contribution in [-0.2, 0) is 17.9 Å². The van der Waals surface area contributed by atoms with Crippen molar-refractivity contribution >= 4 is 23.4 Å². The second kappa shape index (κ2) is 9.25. The fourth-order valence-corrected chi connectivity index (χ4v) is 3.21. The Morgan fingerprint density at radius 1 is 1.19 bits per heavy atom. The lowest BCUT2D eigenvalue weighted by Gasteiger charge is -2.26. The first-order valence-corrected chi connectivity index (χ1v) is 10.2. The lowest BCUT2D eigenvalue weighted by molar-refractivity contribution is -0.123. The number of hydrogen-bond acceptors (Lipinski definition) is 6. The standard InChI is InChI=1S/C21H22F3N7O/c1-12-7-26-21(30-20(12)25-9-16-17(23)5-13(22)6-18(16)24)29-15-8-27-31(10-15)11-19(32)28-14-3-2-4-14/h5-8,10,14H,2-4,9,11H2,1H3,(H,28,32)(H2,25,26,29,30). The number of benzene rings is 1. The average molecular weight is 445 g/mol. The van der Waals surface area contributed by atoms with Gasteiger partial charge in [-0.15, -0.1) is 0 Å². The molecule has 3 aromatic rings. The van der Waals surface area contributed by atoms with Crippen LogP contribution in [0.3, 0.4) is 0 Å². The Labute approximate surface area is 182 Å². The quantitative estimate of drug-likeness (QED) is 0.492. The lowest BCUT2D eigenvalue weighted by atomic mass is 9.93. The summed E-state index contributed by atoms with van der Waals surface area (Å²) in [5.41, 5.74) is 0.939. The van der Waals surface area contributed by atoms with E-state index in [2.05, 4.69) is 31.0 Å². The van der Waals surface area contributed by atoms with Gasteiger partial charge in [0.05, 0.1) is 11.9 Å². The summed E-state index contributed by atoms with van der Waals surface area (Å²) in [6.07, 6.45) is 7.90. The van der Waals surface area contributed by atoms with Gasteiger partial charge < -0.3 is 16.0 Å². The molecule has 1 fully saturated rings. The number of anilines is 3. The summed E-state index contributed by atoms with van der Waals surface area (Å²) < 4.78 is 42.3. The zero-order valence-electron chi connectivity index (χ0n) is 17.3. The van der Waals surface area contributed by atoms with Gasteiger partial charge in [0.1, 0.15) is 29.8 Å². The van der Waals surface area contributed by atoms with Crippen LogP contribution in [0, 0.1) is 24.4 Å². The highest BCUT2D eigenvalue weighted by atomic mass is 19.1. The van der Waals surface area contributed by atoms with Crippen LogP contribution in [0.5, 0.6) is 0 Å². The molecular formula is C21H22F3N7O. The fraction of sp³-hybridized carbons (Fsp3) is 0.333. The molecule has 1 saturated carbocycles. The second-order valence-electron chi connectivity index (χ2n) is 7.67. The summed E-state index contributed by atoms with van der Waals surface area (Å²) >= 11 is 0. The van der Waals surface area contributed by atoms with Crippen LogP contribution in [0.25, 0.3) is 0 Å². The van der Waals surface area contributed by atoms with Gasteiger partial charge in [0.25, 0.3) is 0 Å². The minimum atomic E-state index is -0.978. The molecule has 1 aliphatic carbocycles. The topological polar surface area (TPSA) is 96.8 Å². The molecule has 8 nitrogen and oxygen atoms in total. The van der Waals surface area contributed by atoms with Gasteiger partial charge in [-0.3, -0.25) is 9.48 Å². The predicted octanol–water partition coefficient (Wildman–Crippen LogP) is 3.42. The molecule has 0 aliphatic heterocycles. The molecule has 4 rings (SSSR count). The van der Waals surface area contributed by atoms with Gasteiger partial charge in [-0.2, -0.15) is 10.1 Å². The number of aryl methyl sites for hydroxylation is 1. The molecule has 0 saturated heterocycles. The highest BCUT2D eigenvalue weighted by Gasteiger charge is 2.19. The minimum Gasteiger partial charge on any atom is -0.365 e. The SMILES string of the molecule is Cc1cnc(Nc2cnn(CC(=O)NC3CCC3)c2)nc1NCc1c(F)cc(F)cc1F. The molecule has 0 radical (unpaired) electrons. The van der Waals surface area contributed by atoms with Crippen molar-refractivity contribution in [1.29, 1.82) is 0 Å². The molecule has 0 atom stereocenters. The number of nitrogens with one attached hydrogen (secondary N) is 3. The van der Waals surface area contributed by atoms with Crippen molar-refractivity contribution in [1.82, 2.24) is 25.1 Å². The van der Waals surface area contributed by atoms with Crippen LogP contribution >= 0.6 is 0 Å². The molecule has 168 valence electrons. The highest BCUT2D eigenvalue weighted by Crippen LogP contribution is 2.20. The van der Waals surface area contributed by atoms with Crippen molar-refractivity contribution in [3.8, 4) is 0 Å². The maximum absolute atomic E-state index is 13.9. The van der Waals surface area contributed by atoms with Crippen LogP contribution < -0.4 is 16.0 Å². The molecule has 1 aromatic carbocycles. The molecule has 11 heteroatoms. The Morgan fingerprint density at radius 3 is 2.62 bits per heavy atom. The van der Waals surface area contributed by atoms with E-state index in [9.17, 15) is 18.0 Å². The number of carbonyl (C=O) groups excluding carboxylic acids is 1. The largest absolute Gasteiger partial charge is 0.365 e. The minimum absolute atomic E-state index is 0.0947. The molecule has 2 heterocycles. The summed E-state index contributed by atoms with van der Waals surface area (Å²) in [6, 6.07) is 1.52. The van der Waals surface area contributed by atoms with E-state index in [0.717, 1.165) is 19.3 Å². The van der Waals surface area contributed by atoms with E-state index < -0.39 is 17.5 Å². The summed E-state index contributed by atoms with van der Waals surface area (Å²) in [5.74, 6) is -2.44. The fourth-order valence-electron chi connectivity index (χ4n) is 3.21. The predicted molar refractivity (Wildman–Crippen MR) is 112 cm³/mol. The van der Waals surface area contributed by atoms with Crippen molar-refractivity contribution in [2.45, 2.75) is 45.3 Å². The Morgan fingerprint density at radius 2 is 1.94 bits per heavy atom. The number of rotatable bonds is 8. The monoisotopic (exact) mass is 445 g/mol. The smallest absolute Gasteiger partial charge is 0.241 e. The molecule has 32 heavy (non-hydrogen) atoms. The molecule has 3 N–H and O–H groups in total. The number of halogens is 3. The van der Waals surface area contributed by atoms with E-state index in [-0.39, 0.29) is 36.6 Å². The van der Waals surface area contributed by atoms with Crippen molar-refractivity contribution in [3.63, 3.8) is 0 Å². The number of hydrogen-bond donors (Lipinski definition) is 3. The maximum atomic E-state index is 13.9.